The lowest BCUT2D eigenvalue weighted by atomic mass is 9.97. The van der Waals surface area contributed by atoms with Crippen molar-refractivity contribution in [3.05, 3.63) is 0 Å². The molecule has 3 unspecified atom stereocenters. The molecule has 4 nitrogen and oxygen atoms in total. The average molecular weight is 276 g/mol. The molecule has 1 heterocycles. The standard InChI is InChI=1S/C13H28N2O2S/c1-5-8-14-9-13(4)18(16,17)15-10-11(2)6-7-12(15)3/h11-14H,5-10H2,1-4H3. The monoisotopic (exact) mass is 276 g/mol. The molecule has 0 aliphatic carbocycles. The molecule has 1 fully saturated rings. The number of hydrogen-bond donors (Lipinski definition) is 1. The van der Waals surface area contributed by atoms with Crippen LogP contribution in [0.1, 0.15) is 47.0 Å². The van der Waals surface area contributed by atoms with Gasteiger partial charge in [0.1, 0.15) is 0 Å². The van der Waals surface area contributed by atoms with E-state index in [0.717, 1.165) is 25.8 Å². The molecule has 0 bridgehead atoms. The van der Waals surface area contributed by atoms with Gasteiger partial charge in [0.2, 0.25) is 10.0 Å². The summed E-state index contributed by atoms with van der Waals surface area (Å²) in [7, 11) is -3.15. The third kappa shape index (κ3) is 3.93. The lowest BCUT2D eigenvalue weighted by molar-refractivity contribution is 0.216. The summed E-state index contributed by atoms with van der Waals surface area (Å²) in [5.74, 6) is 0.478. The minimum atomic E-state index is -3.15. The van der Waals surface area contributed by atoms with E-state index in [9.17, 15) is 8.42 Å². The van der Waals surface area contributed by atoms with Gasteiger partial charge in [-0.15, -0.1) is 0 Å². The Labute approximate surface area is 112 Å². The first-order chi connectivity index (χ1) is 8.39. The van der Waals surface area contributed by atoms with Crippen LogP contribution >= 0.6 is 0 Å². The van der Waals surface area contributed by atoms with Crippen LogP contribution in [0.4, 0.5) is 0 Å². The van der Waals surface area contributed by atoms with E-state index >= 15 is 0 Å². The van der Waals surface area contributed by atoms with Crippen LogP contribution in [0.25, 0.3) is 0 Å². The minimum Gasteiger partial charge on any atom is -0.315 e. The summed E-state index contributed by atoms with van der Waals surface area (Å²) in [5.41, 5.74) is 0. The van der Waals surface area contributed by atoms with Crippen molar-refractivity contribution in [3.63, 3.8) is 0 Å². The van der Waals surface area contributed by atoms with Crippen molar-refractivity contribution in [3.8, 4) is 0 Å². The molecular formula is C13H28N2O2S. The molecule has 0 spiro atoms. The topological polar surface area (TPSA) is 49.4 Å². The largest absolute Gasteiger partial charge is 0.315 e. The molecule has 1 aliphatic heterocycles. The van der Waals surface area contributed by atoms with Crippen LogP contribution < -0.4 is 5.32 Å². The second-order valence-electron chi connectivity index (χ2n) is 5.66. The highest BCUT2D eigenvalue weighted by molar-refractivity contribution is 7.89. The Balaban J connectivity index is 2.65. The molecule has 3 atom stereocenters. The maximum absolute atomic E-state index is 12.5. The summed E-state index contributed by atoms with van der Waals surface area (Å²) < 4.78 is 26.8. The van der Waals surface area contributed by atoms with E-state index in [0.29, 0.717) is 19.0 Å². The predicted octanol–water partition coefficient (Wildman–Crippen LogP) is 1.82. The normalized spacial score (nSPS) is 28.2. The molecule has 18 heavy (non-hydrogen) atoms. The highest BCUT2D eigenvalue weighted by Crippen LogP contribution is 2.25. The summed E-state index contributed by atoms with van der Waals surface area (Å²) in [4.78, 5) is 0. The van der Waals surface area contributed by atoms with Gasteiger partial charge in [-0.25, -0.2) is 8.42 Å². The van der Waals surface area contributed by atoms with Crippen molar-refractivity contribution >= 4 is 10.0 Å². The first-order valence-corrected chi connectivity index (χ1v) is 8.61. The van der Waals surface area contributed by atoms with Crippen molar-refractivity contribution in [2.75, 3.05) is 19.6 Å². The Morgan fingerprint density at radius 2 is 2.00 bits per heavy atom. The number of sulfonamides is 1. The minimum absolute atomic E-state index is 0.153. The molecule has 0 saturated carbocycles. The van der Waals surface area contributed by atoms with E-state index in [1.54, 1.807) is 4.31 Å². The van der Waals surface area contributed by atoms with Gasteiger partial charge in [0.05, 0.1) is 5.25 Å². The van der Waals surface area contributed by atoms with Gasteiger partial charge in [-0.3, -0.25) is 0 Å². The van der Waals surface area contributed by atoms with Gasteiger partial charge < -0.3 is 5.32 Å². The molecule has 0 aromatic rings. The molecule has 0 radical (unpaired) electrons. The molecule has 0 amide bonds. The molecule has 5 heteroatoms. The van der Waals surface area contributed by atoms with E-state index < -0.39 is 10.0 Å². The van der Waals surface area contributed by atoms with Crippen LogP contribution in [-0.4, -0.2) is 43.6 Å². The van der Waals surface area contributed by atoms with Crippen molar-refractivity contribution in [2.24, 2.45) is 5.92 Å². The van der Waals surface area contributed by atoms with E-state index in [1.807, 2.05) is 13.8 Å². The Kier molecular flexibility index (Phi) is 6.08. The maximum atomic E-state index is 12.5. The Morgan fingerprint density at radius 3 is 2.61 bits per heavy atom. The second kappa shape index (κ2) is 6.87. The fraction of sp³-hybridized carbons (Fsp3) is 1.00. The molecule has 0 aromatic carbocycles. The van der Waals surface area contributed by atoms with E-state index in [2.05, 4.69) is 19.2 Å². The Morgan fingerprint density at radius 1 is 1.33 bits per heavy atom. The van der Waals surface area contributed by atoms with Crippen molar-refractivity contribution in [1.29, 1.82) is 0 Å². The van der Waals surface area contributed by atoms with Crippen LogP contribution in [-0.2, 0) is 10.0 Å². The molecule has 1 N–H and O–H groups in total. The summed E-state index contributed by atoms with van der Waals surface area (Å²) in [5, 5.41) is 2.86. The summed E-state index contributed by atoms with van der Waals surface area (Å²) in [6.45, 7) is 10.2. The van der Waals surface area contributed by atoms with Crippen LogP contribution in [0.3, 0.4) is 0 Å². The molecule has 1 aliphatic rings. The van der Waals surface area contributed by atoms with Gasteiger partial charge in [-0.1, -0.05) is 13.8 Å². The first kappa shape index (κ1) is 15.9. The Bertz CT molecular complexity index is 343. The van der Waals surface area contributed by atoms with Crippen molar-refractivity contribution in [2.45, 2.75) is 58.2 Å². The molecule has 0 aromatic heterocycles. The third-order valence-corrected chi connectivity index (χ3v) is 6.10. The first-order valence-electron chi connectivity index (χ1n) is 7.11. The zero-order chi connectivity index (χ0) is 13.8. The second-order valence-corrected chi connectivity index (χ2v) is 7.96. The maximum Gasteiger partial charge on any atom is 0.218 e. The van der Waals surface area contributed by atoms with Crippen LogP contribution in [0.15, 0.2) is 0 Å². The smallest absolute Gasteiger partial charge is 0.218 e. The van der Waals surface area contributed by atoms with Gasteiger partial charge in [0.25, 0.3) is 0 Å². The zero-order valence-corrected chi connectivity index (χ0v) is 13.0. The Hall–Kier alpha value is -0.130. The van der Waals surface area contributed by atoms with Crippen LogP contribution in [0, 0.1) is 5.92 Å². The quantitative estimate of drug-likeness (QED) is 0.753. The molecule has 1 saturated heterocycles. The fourth-order valence-corrected chi connectivity index (χ4v) is 4.28. The number of piperidine rings is 1. The van der Waals surface area contributed by atoms with E-state index in [1.165, 1.54) is 0 Å². The summed E-state index contributed by atoms with van der Waals surface area (Å²) >= 11 is 0. The van der Waals surface area contributed by atoms with Gasteiger partial charge in [0.15, 0.2) is 0 Å². The number of rotatable bonds is 6. The van der Waals surface area contributed by atoms with Crippen molar-refractivity contribution < 1.29 is 8.42 Å². The fourth-order valence-electron chi connectivity index (χ4n) is 2.42. The number of nitrogens with one attached hydrogen (secondary N) is 1. The van der Waals surface area contributed by atoms with Crippen molar-refractivity contribution in [1.82, 2.24) is 9.62 Å². The molecule has 108 valence electrons. The lowest BCUT2D eigenvalue weighted by Crippen LogP contribution is -2.50. The highest BCUT2D eigenvalue weighted by Gasteiger charge is 2.35. The molecular weight excluding hydrogens is 248 g/mol. The van der Waals surface area contributed by atoms with Gasteiger partial charge in [0, 0.05) is 19.1 Å². The molecule has 1 rings (SSSR count). The zero-order valence-electron chi connectivity index (χ0n) is 12.1. The van der Waals surface area contributed by atoms with Gasteiger partial charge >= 0.3 is 0 Å². The van der Waals surface area contributed by atoms with Gasteiger partial charge in [-0.2, -0.15) is 4.31 Å². The third-order valence-electron chi connectivity index (χ3n) is 3.75. The highest BCUT2D eigenvalue weighted by atomic mass is 32.2. The predicted molar refractivity (Wildman–Crippen MR) is 76.1 cm³/mol. The lowest BCUT2D eigenvalue weighted by Gasteiger charge is -2.37. The SMILES string of the molecule is CCCNCC(C)S(=O)(=O)N1CC(C)CCC1C. The average Bonchev–Trinajstić information content (AvgIpc) is 2.32. The van der Waals surface area contributed by atoms with E-state index in [-0.39, 0.29) is 11.3 Å². The van der Waals surface area contributed by atoms with Gasteiger partial charge in [-0.05, 0) is 45.6 Å². The van der Waals surface area contributed by atoms with E-state index in [4.69, 9.17) is 0 Å². The summed E-state index contributed by atoms with van der Waals surface area (Å²) in [6.07, 6.45) is 3.15. The number of hydrogen-bond acceptors (Lipinski definition) is 3. The summed E-state index contributed by atoms with van der Waals surface area (Å²) in [6, 6.07) is 0.153. The number of nitrogens with zero attached hydrogens (tertiary/aromatic N) is 1. The van der Waals surface area contributed by atoms with Crippen LogP contribution in [0.5, 0.6) is 0 Å². The van der Waals surface area contributed by atoms with Crippen LogP contribution in [0.2, 0.25) is 0 Å².